The number of hydrogen-bond acceptors (Lipinski definition) is 3. The normalized spacial score (nSPS) is 14.4. The molecule has 0 atom stereocenters. The van der Waals surface area contributed by atoms with E-state index in [1.54, 1.807) is 7.11 Å². The molecular formula is C15H14ClIN2O. The maximum atomic E-state index is 6.27. The van der Waals surface area contributed by atoms with E-state index < -0.39 is 0 Å². The van der Waals surface area contributed by atoms with Crippen molar-refractivity contribution in [3.63, 3.8) is 0 Å². The zero-order chi connectivity index (χ0) is 14.3. The van der Waals surface area contributed by atoms with Crippen molar-refractivity contribution in [3.05, 3.63) is 38.2 Å². The maximum absolute atomic E-state index is 6.27. The Morgan fingerprint density at radius 3 is 2.70 bits per heavy atom. The molecule has 0 aliphatic heterocycles. The summed E-state index contributed by atoms with van der Waals surface area (Å²) < 4.78 is 6.42. The predicted octanol–water partition coefficient (Wildman–Crippen LogP) is 4.60. The molecule has 20 heavy (non-hydrogen) atoms. The third-order valence-corrected chi connectivity index (χ3v) is 5.05. The number of nitrogens with zero attached hydrogens (tertiary/aromatic N) is 2. The van der Waals surface area contributed by atoms with Gasteiger partial charge in [0.25, 0.3) is 0 Å². The van der Waals surface area contributed by atoms with Gasteiger partial charge in [-0.1, -0.05) is 17.7 Å². The van der Waals surface area contributed by atoms with E-state index >= 15 is 0 Å². The van der Waals surface area contributed by atoms with E-state index in [1.165, 1.54) is 12.8 Å². The van der Waals surface area contributed by atoms with Crippen molar-refractivity contribution < 1.29 is 4.74 Å². The fraction of sp³-hybridized carbons (Fsp3) is 0.333. The first-order valence-corrected chi connectivity index (χ1v) is 7.93. The lowest BCUT2D eigenvalue weighted by Crippen LogP contribution is -2.01. The van der Waals surface area contributed by atoms with Crippen LogP contribution in [0.2, 0.25) is 5.15 Å². The van der Waals surface area contributed by atoms with Gasteiger partial charge >= 0.3 is 0 Å². The summed E-state index contributed by atoms with van der Waals surface area (Å²) in [5, 5.41) is 0.528. The summed E-state index contributed by atoms with van der Waals surface area (Å²) in [5.41, 5.74) is 3.10. The van der Waals surface area contributed by atoms with Gasteiger partial charge in [-0.25, -0.2) is 9.97 Å². The van der Waals surface area contributed by atoms with Gasteiger partial charge in [0.2, 0.25) is 0 Å². The number of benzene rings is 1. The zero-order valence-electron chi connectivity index (χ0n) is 11.3. The molecule has 1 aromatic heterocycles. The predicted molar refractivity (Wildman–Crippen MR) is 88.5 cm³/mol. The van der Waals surface area contributed by atoms with Crippen LogP contribution in [0.1, 0.15) is 30.0 Å². The minimum atomic E-state index is 0.528. The first kappa shape index (κ1) is 14.1. The Morgan fingerprint density at radius 2 is 2.05 bits per heavy atom. The fourth-order valence-corrected chi connectivity index (χ4v) is 3.03. The topological polar surface area (TPSA) is 35.0 Å². The molecule has 0 saturated heterocycles. The molecular weight excluding hydrogens is 387 g/mol. The monoisotopic (exact) mass is 400 g/mol. The Balaban J connectivity index is 2.15. The number of aromatic nitrogens is 2. The lowest BCUT2D eigenvalue weighted by atomic mass is 10.1. The lowest BCUT2D eigenvalue weighted by Gasteiger charge is -2.11. The Labute approximate surface area is 136 Å². The third kappa shape index (κ3) is 2.63. The molecule has 2 aromatic rings. The number of halogens is 2. The largest absolute Gasteiger partial charge is 0.496 e. The molecule has 5 heteroatoms. The van der Waals surface area contributed by atoms with Crippen LogP contribution in [-0.4, -0.2) is 17.1 Å². The molecule has 1 heterocycles. The summed E-state index contributed by atoms with van der Waals surface area (Å²) in [4.78, 5) is 9.14. The molecule has 1 fully saturated rings. The molecule has 1 saturated carbocycles. The van der Waals surface area contributed by atoms with E-state index in [-0.39, 0.29) is 0 Å². The Kier molecular flexibility index (Phi) is 3.86. The van der Waals surface area contributed by atoms with Crippen molar-refractivity contribution in [1.29, 1.82) is 0 Å². The third-order valence-electron chi connectivity index (χ3n) is 3.40. The summed E-state index contributed by atoms with van der Waals surface area (Å²) in [6.07, 6.45) is 2.38. The fourth-order valence-electron chi connectivity index (χ4n) is 2.17. The molecule has 1 aliphatic rings. The highest BCUT2D eigenvalue weighted by Crippen LogP contribution is 2.43. The molecule has 1 aromatic carbocycles. The van der Waals surface area contributed by atoms with Gasteiger partial charge in [0.1, 0.15) is 10.9 Å². The van der Waals surface area contributed by atoms with Crippen LogP contribution in [0, 0.1) is 10.5 Å². The van der Waals surface area contributed by atoms with Gasteiger partial charge in [0.05, 0.1) is 21.9 Å². The minimum Gasteiger partial charge on any atom is -0.496 e. The van der Waals surface area contributed by atoms with Crippen molar-refractivity contribution in [2.75, 3.05) is 7.11 Å². The van der Waals surface area contributed by atoms with Crippen molar-refractivity contribution in [1.82, 2.24) is 9.97 Å². The van der Waals surface area contributed by atoms with Crippen molar-refractivity contribution in [2.45, 2.75) is 25.7 Å². The SMILES string of the molecule is COc1cc(C)ccc1-c1nc(Cl)c(I)c(C2CC2)n1. The summed E-state index contributed by atoms with van der Waals surface area (Å²) in [6.45, 7) is 2.03. The number of rotatable bonds is 3. The first-order chi connectivity index (χ1) is 9.60. The molecule has 1 aliphatic carbocycles. The van der Waals surface area contributed by atoms with Gasteiger partial charge < -0.3 is 4.74 Å². The lowest BCUT2D eigenvalue weighted by molar-refractivity contribution is 0.416. The van der Waals surface area contributed by atoms with E-state index in [1.807, 2.05) is 25.1 Å². The number of aryl methyl sites for hydroxylation is 1. The van der Waals surface area contributed by atoms with E-state index in [0.29, 0.717) is 16.9 Å². The molecule has 3 rings (SSSR count). The van der Waals surface area contributed by atoms with Crippen LogP contribution >= 0.6 is 34.2 Å². The average molecular weight is 401 g/mol. The summed E-state index contributed by atoms with van der Waals surface area (Å²) in [5.74, 6) is 1.97. The van der Waals surface area contributed by atoms with Gasteiger partial charge in [-0.05, 0) is 60.1 Å². The second-order valence-electron chi connectivity index (χ2n) is 5.02. The molecule has 0 amide bonds. The molecule has 0 unspecified atom stereocenters. The highest BCUT2D eigenvalue weighted by molar-refractivity contribution is 14.1. The van der Waals surface area contributed by atoms with E-state index in [9.17, 15) is 0 Å². The van der Waals surface area contributed by atoms with E-state index in [0.717, 1.165) is 26.1 Å². The molecule has 3 nitrogen and oxygen atoms in total. The molecule has 104 valence electrons. The van der Waals surface area contributed by atoms with Gasteiger partial charge in [0.15, 0.2) is 5.82 Å². The number of ether oxygens (including phenoxy) is 1. The van der Waals surface area contributed by atoms with Crippen molar-refractivity contribution in [2.24, 2.45) is 0 Å². The van der Waals surface area contributed by atoms with Gasteiger partial charge in [-0.3, -0.25) is 0 Å². The van der Waals surface area contributed by atoms with Crippen LogP contribution in [-0.2, 0) is 0 Å². The zero-order valence-corrected chi connectivity index (χ0v) is 14.2. The Hall–Kier alpha value is -0.880. The summed E-state index contributed by atoms with van der Waals surface area (Å²) in [7, 11) is 1.66. The highest BCUT2D eigenvalue weighted by atomic mass is 127. The van der Waals surface area contributed by atoms with Gasteiger partial charge in [-0.2, -0.15) is 0 Å². The van der Waals surface area contributed by atoms with E-state index in [4.69, 9.17) is 21.3 Å². The van der Waals surface area contributed by atoms with Gasteiger partial charge in [0, 0.05) is 5.92 Å². The molecule has 0 bridgehead atoms. The number of methoxy groups -OCH3 is 1. The standard InChI is InChI=1S/C15H14ClIN2O/c1-8-3-6-10(11(7-8)20-2)15-18-13(9-4-5-9)12(17)14(16)19-15/h3,6-7,9H,4-5H2,1-2H3. The highest BCUT2D eigenvalue weighted by Gasteiger charge is 2.29. The summed E-state index contributed by atoms with van der Waals surface area (Å²) in [6, 6.07) is 6.01. The second-order valence-corrected chi connectivity index (χ2v) is 6.45. The molecule has 0 radical (unpaired) electrons. The second kappa shape index (κ2) is 5.48. The smallest absolute Gasteiger partial charge is 0.164 e. The van der Waals surface area contributed by atoms with Gasteiger partial charge in [-0.15, -0.1) is 0 Å². The van der Waals surface area contributed by atoms with Crippen LogP contribution in [0.5, 0.6) is 5.75 Å². The molecule has 0 N–H and O–H groups in total. The quantitative estimate of drug-likeness (QED) is 0.558. The van der Waals surface area contributed by atoms with Crippen LogP contribution in [0.3, 0.4) is 0 Å². The minimum absolute atomic E-state index is 0.528. The number of hydrogen-bond donors (Lipinski definition) is 0. The first-order valence-electron chi connectivity index (χ1n) is 6.48. The Morgan fingerprint density at radius 1 is 1.30 bits per heavy atom. The average Bonchev–Trinajstić information content (AvgIpc) is 3.26. The van der Waals surface area contributed by atoms with Crippen molar-refractivity contribution >= 4 is 34.2 Å². The van der Waals surface area contributed by atoms with Crippen molar-refractivity contribution in [3.8, 4) is 17.1 Å². The van der Waals surface area contributed by atoms with Crippen LogP contribution < -0.4 is 4.74 Å². The molecule has 0 spiro atoms. The maximum Gasteiger partial charge on any atom is 0.164 e. The summed E-state index contributed by atoms with van der Waals surface area (Å²) >= 11 is 8.50. The van der Waals surface area contributed by atoms with Crippen LogP contribution in [0.4, 0.5) is 0 Å². The van der Waals surface area contributed by atoms with E-state index in [2.05, 4.69) is 27.6 Å². The van der Waals surface area contributed by atoms with Crippen LogP contribution in [0.25, 0.3) is 11.4 Å². The van der Waals surface area contributed by atoms with Crippen LogP contribution in [0.15, 0.2) is 18.2 Å². The Bertz CT molecular complexity index is 671.